The minimum Gasteiger partial charge on any atom is -0.309 e. The molecule has 0 aromatic carbocycles. The third-order valence-electron chi connectivity index (χ3n) is 3.78. The minimum atomic E-state index is -4.02. The normalized spacial score (nSPS) is 17.0. The fourth-order valence-electron chi connectivity index (χ4n) is 2.60. The van der Waals surface area contributed by atoms with Crippen molar-refractivity contribution in [1.82, 2.24) is 5.32 Å². The van der Waals surface area contributed by atoms with Crippen molar-refractivity contribution in [2.45, 2.75) is 64.1 Å². The van der Waals surface area contributed by atoms with Crippen molar-refractivity contribution < 1.29 is 13.2 Å². The van der Waals surface area contributed by atoms with Gasteiger partial charge in [-0.15, -0.1) is 11.3 Å². The van der Waals surface area contributed by atoms with Crippen LogP contribution < -0.4 is 5.32 Å². The topological polar surface area (TPSA) is 12.0 Å². The van der Waals surface area contributed by atoms with Crippen molar-refractivity contribution in [3.05, 3.63) is 21.4 Å². The van der Waals surface area contributed by atoms with Gasteiger partial charge in [0.1, 0.15) is 0 Å². The zero-order valence-electron chi connectivity index (χ0n) is 11.9. The first-order valence-corrected chi connectivity index (χ1v) is 8.19. The molecule has 0 radical (unpaired) electrons. The molecule has 1 atom stereocenters. The Morgan fingerprint density at radius 3 is 2.70 bits per heavy atom. The monoisotopic (exact) mass is 305 g/mol. The number of hydrogen-bond acceptors (Lipinski definition) is 2. The van der Waals surface area contributed by atoms with E-state index in [1.54, 1.807) is 0 Å². The zero-order chi connectivity index (χ0) is 14.6. The van der Waals surface area contributed by atoms with Crippen LogP contribution in [0.2, 0.25) is 0 Å². The van der Waals surface area contributed by atoms with Gasteiger partial charge >= 0.3 is 6.18 Å². The predicted molar refractivity (Wildman–Crippen MR) is 77.3 cm³/mol. The number of hydrogen-bond donors (Lipinski definition) is 1. The van der Waals surface area contributed by atoms with Crippen LogP contribution in [-0.4, -0.2) is 12.7 Å². The summed E-state index contributed by atoms with van der Waals surface area (Å²) in [6, 6.07) is 2.53. The van der Waals surface area contributed by atoms with Crippen molar-refractivity contribution in [2.75, 3.05) is 6.54 Å². The number of rotatable bonds is 6. The number of alkyl halides is 3. The van der Waals surface area contributed by atoms with Gasteiger partial charge in [0.05, 0.1) is 0 Å². The van der Waals surface area contributed by atoms with Gasteiger partial charge in [-0.1, -0.05) is 0 Å². The lowest BCUT2D eigenvalue weighted by molar-refractivity contribution is -0.135. The molecule has 0 fully saturated rings. The Kier molecular flexibility index (Phi) is 5.49. The molecule has 2 rings (SSSR count). The molecule has 1 aliphatic rings. The highest BCUT2D eigenvalue weighted by molar-refractivity contribution is 7.12. The summed E-state index contributed by atoms with van der Waals surface area (Å²) in [6.07, 6.45) is 1.05. The van der Waals surface area contributed by atoms with E-state index in [0.717, 1.165) is 0 Å². The van der Waals surface area contributed by atoms with Gasteiger partial charge < -0.3 is 5.32 Å². The zero-order valence-corrected chi connectivity index (χ0v) is 12.7. The van der Waals surface area contributed by atoms with Crippen molar-refractivity contribution in [1.29, 1.82) is 0 Å². The van der Waals surface area contributed by atoms with E-state index in [4.69, 9.17) is 0 Å². The molecule has 1 aromatic heterocycles. The van der Waals surface area contributed by atoms with Crippen LogP contribution in [0.4, 0.5) is 13.2 Å². The van der Waals surface area contributed by atoms with Gasteiger partial charge in [-0.05, 0) is 63.6 Å². The fraction of sp³-hybridized carbons (Fsp3) is 0.733. The lowest BCUT2D eigenvalue weighted by atomic mass is 9.99. The quantitative estimate of drug-likeness (QED) is 0.728. The van der Waals surface area contributed by atoms with E-state index in [1.165, 1.54) is 41.0 Å². The number of unbranched alkanes of at least 4 members (excludes halogenated alkanes) is 1. The molecule has 0 amide bonds. The SMILES string of the molecule is CC(NCCCCC(F)(F)F)c1cc2c(s1)CCCC2. The number of nitrogens with one attached hydrogen (secondary N) is 1. The summed E-state index contributed by atoms with van der Waals surface area (Å²) in [6.45, 7) is 2.75. The summed E-state index contributed by atoms with van der Waals surface area (Å²) in [4.78, 5) is 2.84. The van der Waals surface area contributed by atoms with E-state index in [-0.39, 0.29) is 12.5 Å². The molecular weight excluding hydrogens is 283 g/mol. The highest BCUT2D eigenvalue weighted by Crippen LogP contribution is 2.32. The third-order valence-corrected chi connectivity index (χ3v) is 5.20. The van der Waals surface area contributed by atoms with Gasteiger partial charge in [-0.2, -0.15) is 13.2 Å². The van der Waals surface area contributed by atoms with E-state index >= 15 is 0 Å². The van der Waals surface area contributed by atoms with Crippen molar-refractivity contribution in [3.63, 3.8) is 0 Å². The second kappa shape index (κ2) is 6.94. The molecule has 5 heteroatoms. The summed E-state index contributed by atoms with van der Waals surface area (Å²) >= 11 is 1.87. The Morgan fingerprint density at radius 2 is 2.00 bits per heavy atom. The van der Waals surface area contributed by atoms with Gasteiger partial charge in [0.2, 0.25) is 0 Å². The van der Waals surface area contributed by atoms with Crippen LogP contribution in [0.25, 0.3) is 0 Å². The van der Waals surface area contributed by atoms with Crippen LogP contribution in [0.3, 0.4) is 0 Å². The van der Waals surface area contributed by atoms with Crippen LogP contribution in [0.1, 0.15) is 60.4 Å². The van der Waals surface area contributed by atoms with E-state index in [1.807, 2.05) is 11.3 Å². The predicted octanol–water partition coefficient (Wildman–Crippen LogP) is 5.01. The van der Waals surface area contributed by atoms with Crippen LogP contribution in [0, 0.1) is 0 Å². The summed E-state index contributed by atoms with van der Waals surface area (Å²) in [7, 11) is 0. The molecule has 0 aliphatic heterocycles. The van der Waals surface area contributed by atoms with Crippen LogP contribution in [0.5, 0.6) is 0 Å². The van der Waals surface area contributed by atoms with Crippen LogP contribution in [-0.2, 0) is 12.8 Å². The maximum absolute atomic E-state index is 12.0. The Balaban J connectivity index is 1.72. The average molecular weight is 305 g/mol. The van der Waals surface area contributed by atoms with E-state index in [0.29, 0.717) is 13.0 Å². The Labute approximate surface area is 122 Å². The molecule has 1 heterocycles. The van der Waals surface area contributed by atoms with Crippen LogP contribution >= 0.6 is 11.3 Å². The van der Waals surface area contributed by atoms with Gasteiger partial charge in [-0.3, -0.25) is 0 Å². The maximum Gasteiger partial charge on any atom is 0.389 e. The Morgan fingerprint density at radius 1 is 1.25 bits per heavy atom. The number of halogens is 3. The lowest BCUT2D eigenvalue weighted by Gasteiger charge is -2.12. The number of thiophene rings is 1. The summed E-state index contributed by atoms with van der Waals surface area (Å²) in [5, 5.41) is 3.34. The van der Waals surface area contributed by atoms with Gasteiger partial charge in [-0.25, -0.2) is 0 Å². The number of fused-ring (bicyclic) bond motifs is 1. The largest absolute Gasteiger partial charge is 0.389 e. The second-order valence-corrected chi connectivity index (χ2v) is 6.72. The van der Waals surface area contributed by atoms with E-state index in [2.05, 4.69) is 18.3 Å². The van der Waals surface area contributed by atoms with Crippen LogP contribution in [0.15, 0.2) is 6.07 Å². The molecular formula is C15H22F3NS. The average Bonchev–Trinajstić information content (AvgIpc) is 2.80. The first-order chi connectivity index (χ1) is 9.46. The smallest absolute Gasteiger partial charge is 0.309 e. The maximum atomic E-state index is 12.0. The molecule has 1 N–H and O–H groups in total. The molecule has 1 aliphatic carbocycles. The van der Waals surface area contributed by atoms with Gasteiger partial charge in [0.15, 0.2) is 0 Å². The lowest BCUT2D eigenvalue weighted by Crippen LogP contribution is -2.19. The molecule has 0 saturated carbocycles. The van der Waals surface area contributed by atoms with Crippen molar-refractivity contribution in [3.8, 4) is 0 Å². The first-order valence-electron chi connectivity index (χ1n) is 7.37. The first kappa shape index (κ1) is 15.8. The summed E-state index contributed by atoms with van der Waals surface area (Å²) in [5.41, 5.74) is 1.49. The van der Waals surface area contributed by atoms with E-state index in [9.17, 15) is 13.2 Å². The Bertz CT molecular complexity index is 402. The fourth-order valence-corrected chi connectivity index (χ4v) is 3.88. The minimum absolute atomic E-state index is 0.212. The summed E-state index contributed by atoms with van der Waals surface area (Å²) < 4.78 is 36.1. The molecule has 1 aromatic rings. The molecule has 0 spiro atoms. The molecule has 1 unspecified atom stereocenters. The standard InChI is InChI=1S/C15H22F3NS/c1-11(19-9-5-4-8-15(16,17)18)14-10-12-6-2-3-7-13(12)20-14/h10-11,19H,2-9H2,1H3. The molecule has 0 saturated heterocycles. The highest BCUT2D eigenvalue weighted by Gasteiger charge is 2.25. The van der Waals surface area contributed by atoms with E-state index < -0.39 is 12.6 Å². The van der Waals surface area contributed by atoms with Gasteiger partial charge in [0.25, 0.3) is 0 Å². The highest BCUT2D eigenvalue weighted by atomic mass is 32.1. The molecule has 114 valence electrons. The Hall–Kier alpha value is -0.550. The molecule has 0 bridgehead atoms. The molecule has 1 nitrogen and oxygen atoms in total. The summed E-state index contributed by atoms with van der Waals surface area (Å²) in [5.74, 6) is 0. The van der Waals surface area contributed by atoms with Crippen molar-refractivity contribution in [2.24, 2.45) is 0 Å². The molecule has 20 heavy (non-hydrogen) atoms. The number of aryl methyl sites for hydroxylation is 2. The second-order valence-electron chi connectivity index (χ2n) is 5.55. The van der Waals surface area contributed by atoms with Gasteiger partial charge in [0, 0.05) is 22.2 Å². The third kappa shape index (κ3) is 4.77. The van der Waals surface area contributed by atoms with Crippen molar-refractivity contribution >= 4 is 11.3 Å².